The fraction of sp³-hybridized carbons (Fsp3) is 0.250. The molecular formula is C16H18N2O2. The topological polar surface area (TPSA) is 42.4 Å². The Bertz CT molecular complexity index is 552. The fourth-order valence-electron chi connectivity index (χ4n) is 1.95. The first-order valence-electron chi connectivity index (χ1n) is 6.57. The van der Waals surface area contributed by atoms with Crippen molar-refractivity contribution in [3.63, 3.8) is 0 Å². The third-order valence-corrected chi connectivity index (χ3v) is 3.13. The van der Waals surface area contributed by atoms with Crippen LogP contribution >= 0.6 is 0 Å². The molecule has 0 aliphatic heterocycles. The van der Waals surface area contributed by atoms with Crippen molar-refractivity contribution in [1.82, 2.24) is 9.88 Å². The third-order valence-electron chi connectivity index (χ3n) is 3.13. The van der Waals surface area contributed by atoms with Crippen molar-refractivity contribution in [2.24, 2.45) is 0 Å². The summed E-state index contributed by atoms with van der Waals surface area (Å²) in [5.41, 5.74) is 1.74. The van der Waals surface area contributed by atoms with Gasteiger partial charge in [-0.25, -0.2) is 0 Å². The molecule has 4 nitrogen and oxygen atoms in total. The average Bonchev–Trinajstić information content (AvgIpc) is 2.53. The van der Waals surface area contributed by atoms with E-state index in [2.05, 4.69) is 4.98 Å². The van der Waals surface area contributed by atoms with Crippen molar-refractivity contribution >= 4 is 5.91 Å². The Kier molecular flexibility index (Phi) is 4.71. The minimum absolute atomic E-state index is 0.0203. The van der Waals surface area contributed by atoms with Crippen molar-refractivity contribution < 1.29 is 9.53 Å². The van der Waals surface area contributed by atoms with Crippen LogP contribution in [-0.4, -0.2) is 29.4 Å². The van der Waals surface area contributed by atoms with Gasteiger partial charge in [0.25, 0.3) is 5.91 Å². The van der Waals surface area contributed by atoms with Crippen LogP contribution in [0.5, 0.6) is 5.75 Å². The van der Waals surface area contributed by atoms with E-state index in [1.807, 2.05) is 19.1 Å². The highest BCUT2D eigenvalue weighted by atomic mass is 16.5. The van der Waals surface area contributed by atoms with E-state index in [-0.39, 0.29) is 5.91 Å². The second-order valence-electron chi connectivity index (χ2n) is 4.40. The molecule has 2 aromatic rings. The normalized spacial score (nSPS) is 10.1. The van der Waals surface area contributed by atoms with Gasteiger partial charge in [0.2, 0.25) is 0 Å². The lowest BCUT2D eigenvalue weighted by Gasteiger charge is -2.21. The minimum atomic E-state index is 0.0203. The van der Waals surface area contributed by atoms with Gasteiger partial charge in [0.1, 0.15) is 5.75 Å². The molecule has 1 aromatic carbocycles. The quantitative estimate of drug-likeness (QED) is 0.839. The minimum Gasteiger partial charge on any atom is -0.497 e. The highest BCUT2D eigenvalue weighted by molar-refractivity contribution is 5.94. The van der Waals surface area contributed by atoms with E-state index in [9.17, 15) is 4.79 Å². The zero-order valence-corrected chi connectivity index (χ0v) is 11.7. The number of aromatic nitrogens is 1. The molecule has 2 rings (SSSR count). The van der Waals surface area contributed by atoms with Crippen LogP contribution < -0.4 is 4.74 Å². The van der Waals surface area contributed by atoms with Gasteiger partial charge < -0.3 is 9.64 Å². The van der Waals surface area contributed by atoms with E-state index in [0.29, 0.717) is 18.7 Å². The van der Waals surface area contributed by atoms with E-state index in [1.165, 1.54) is 0 Å². The number of amides is 1. The first-order valence-corrected chi connectivity index (χ1v) is 6.57. The summed E-state index contributed by atoms with van der Waals surface area (Å²) < 4.78 is 5.10. The van der Waals surface area contributed by atoms with Crippen molar-refractivity contribution in [1.29, 1.82) is 0 Å². The average molecular weight is 270 g/mol. The molecule has 104 valence electrons. The summed E-state index contributed by atoms with van der Waals surface area (Å²) in [5.74, 6) is 0.769. The van der Waals surface area contributed by atoms with Crippen molar-refractivity contribution in [3.05, 3.63) is 59.9 Å². The summed E-state index contributed by atoms with van der Waals surface area (Å²) in [6.45, 7) is 3.22. The second-order valence-corrected chi connectivity index (χ2v) is 4.40. The Morgan fingerprint density at radius 2 is 1.80 bits per heavy atom. The number of methoxy groups -OCH3 is 1. The number of hydrogen-bond donors (Lipinski definition) is 0. The number of nitrogens with zero attached hydrogens (tertiary/aromatic N) is 2. The number of carbonyl (C=O) groups excluding carboxylic acids is 1. The van der Waals surface area contributed by atoms with Crippen LogP contribution in [0.25, 0.3) is 0 Å². The van der Waals surface area contributed by atoms with Crippen LogP contribution in [0.2, 0.25) is 0 Å². The molecule has 0 unspecified atom stereocenters. The van der Waals surface area contributed by atoms with Crippen LogP contribution in [0.1, 0.15) is 22.8 Å². The number of benzene rings is 1. The van der Waals surface area contributed by atoms with Crippen molar-refractivity contribution in [3.8, 4) is 5.75 Å². The number of pyridine rings is 1. The standard InChI is InChI=1S/C16H18N2O2/c1-3-18(12-13-8-10-17-11-9-13)16(19)14-4-6-15(20-2)7-5-14/h4-11H,3,12H2,1-2H3. The van der Waals surface area contributed by atoms with E-state index < -0.39 is 0 Å². The molecule has 0 bridgehead atoms. The van der Waals surface area contributed by atoms with Gasteiger partial charge >= 0.3 is 0 Å². The number of ether oxygens (including phenoxy) is 1. The van der Waals surface area contributed by atoms with Gasteiger partial charge in [-0.05, 0) is 48.9 Å². The van der Waals surface area contributed by atoms with E-state index in [1.54, 1.807) is 48.7 Å². The van der Waals surface area contributed by atoms with E-state index in [4.69, 9.17) is 4.74 Å². The Labute approximate surface area is 119 Å². The molecule has 1 heterocycles. The summed E-state index contributed by atoms with van der Waals surface area (Å²) in [7, 11) is 1.61. The lowest BCUT2D eigenvalue weighted by Crippen LogP contribution is -2.30. The summed E-state index contributed by atoms with van der Waals surface area (Å²) in [5, 5.41) is 0. The predicted molar refractivity (Wildman–Crippen MR) is 77.6 cm³/mol. The monoisotopic (exact) mass is 270 g/mol. The molecule has 0 atom stereocenters. The maximum atomic E-state index is 12.4. The predicted octanol–water partition coefficient (Wildman–Crippen LogP) is 2.75. The van der Waals surface area contributed by atoms with Gasteiger partial charge in [0.05, 0.1) is 7.11 Å². The molecule has 0 N–H and O–H groups in total. The maximum Gasteiger partial charge on any atom is 0.254 e. The van der Waals surface area contributed by atoms with Crippen LogP contribution in [-0.2, 0) is 6.54 Å². The third kappa shape index (κ3) is 3.35. The summed E-state index contributed by atoms with van der Waals surface area (Å²) in [6.07, 6.45) is 3.47. The number of hydrogen-bond acceptors (Lipinski definition) is 3. The van der Waals surface area contributed by atoms with Crippen LogP contribution in [0.15, 0.2) is 48.8 Å². The lowest BCUT2D eigenvalue weighted by molar-refractivity contribution is 0.0752. The van der Waals surface area contributed by atoms with Gasteiger partial charge in [-0.2, -0.15) is 0 Å². The summed E-state index contributed by atoms with van der Waals surface area (Å²) >= 11 is 0. The fourth-order valence-corrected chi connectivity index (χ4v) is 1.95. The largest absolute Gasteiger partial charge is 0.497 e. The molecule has 0 aliphatic carbocycles. The Hall–Kier alpha value is -2.36. The van der Waals surface area contributed by atoms with Crippen LogP contribution in [0, 0.1) is 0 Å². The zero-order chi connectivity index (χ0) is 14.4. The van der Waals surface area contributed by atoms with E-state index >= 15 is 0 Å². The molecule has 0 saturated heterocycles. The van der Waals surface area contributed by atoms with E-state index in [0.717, 1.165) is 11.3 Å². The lowest BCUT2D eigenvalue weighted by atomic mass is 10.1. The first-order chi connectivity index (χ1) is 9.74. The smallest absolute Gasteiger partial charge is 0.254 e. The maximum absolute atomic E-state index is 12.4. The van der Waals surface area contributed by atoms with Crippen LogP contribution in [0.4, 0.5) is 0 Å². The van der Waals surface area contributed by atoms with Crippen molar-refractivity contribution in [2.75, 3.05) is 13.7 Å². The Morgan fingerprint density at radius 3 is 2.35 bits per heavy atom. The molecule has 0 radical (unpaired) electrons. The molecule has 0 fully saturated rings. The van der Waals surface area contributed by atoms with Gasteiger partial charge in [0, 0.05) is 31.0 Å². The molecule has 4 heteroatoms. The molecule has 0 aliphatic rings. The van der Waals surface area contributed by atoms with Gasteiger partial charge in [-0.3, -0.25) is 9.78 Å². The molecule has 1 amide bonds. The van der Waals surface area contributed by atoms with Crippen molar-refractivity contribution in [2.45, 2.75) is 13.5 Å². The molecule has 0 spiro atoms. The zero-order valence-electron chi connectivity index (χ0n) is 11.7. The molecule has 20 heavy (non-hydrogen) atoms. The Morgan fingerprint density at radius 1 is 1.15 bits per heavy atom. The number of rotatable bonds is 5. The summed E-state index contributed by atoms with van der Waals surface area (Å²) in [4.78, 5) is 18.2. The highest BCUT2D eigenvalue weighted by Gasteiger charge is 2.14. The summed E-state index contributed by atoms with van der Waals surface area (Å²) in [6, 6.07) is 11.0. The highest BCUT2D eigenvalue weighted by Crippen LogP contribution is 2.14. The van der Waals surface area contributed by atoms with Gasteiger partial charge in [0.15, 0.2) is 0 Å². The second kappa shape index (κ2) is 6.70. The SMILES string of the molecule is CCN(Cc1ccncc1)C(=O)c1ccc(OC)cc1. The molecule has 1 aromatic heterocycles. The van der Waals surface area contributed by atoms with Gasteiger partial charge in [-0.1, -0.05) is 0 Å². The van der Waals surface area contributed by atoms with Crippen LogP contribution in [0.3, 0.4) is 0 Å². The molecular weight excluding hydrogens is 252 g/mol. The first kappa shape index (κ1) is 14.1. The van der Waals surface area contributed by atoms with Gasteiger partial charge in [-0.15, -0.1) is 0 Å². The number of carbonyl (C=O) groups is 1. The molecule has 0 saturated carbocycles. The Balaban J connectivity index is 2.12.